The molecule has 2 heterocycles. The topological polar surface area (TPSA) is 45.2 Å². The Labute approximate surface area is 155 Å². The summed E-state index contributed by atoms with van der Waals surface area (Å²) in [5, 5.41) is 3.22. The van der Waals surface area contributed by atoms with E-state index in [0.717, 1.165) is 32.6 Å². The number of amides is 1. The van der Waals surface area contributed by atoms with Crippen LogP contribution in [0.3, 0.4) is 0 Å². The number of benzene rings is 1. The van der Waals surface area contributed by atoms with Crippen molar-refractivity contribution in [2.45, 2.75) is 31.7 Å². The molecule has 0 bridgehead atoms. The highest BCUT2D eigenvalue weighted by molar-refractivity contribution is 5.82. The molecule has 1 aliphatic heterocycles. The molecule has 4 rings (SSSR count). The molecule has 4 heteroatoms. The zero-order valence-electron chi connectivity index (χ0n) is 15.2. The van der Waals surface area contributed by atoms with Crippen LogP contribution in [0.4, 0.5) is 0 Å². The van der Waals surface area contributed by atoms with Crippen LogP contribution in [0, 0.1) is 11.8 Å². The van der Waals surface area contributed by atoms with Crippen molar-refractivity contribution in [1.29, 1.82) is 0 Å². The summed E-state index contributed by atoms with van der Waals surface area (Å²) in [7, 11) is 0. The normalized spacial score (nSPS) is 25.6. The van der Waals surface area contributed by atoms with Crippen LogP contribution in [0.1, 0.15) is 36.3 Å². The lowest BCUT2D eigenvalue weighted by atomic mass is 9.97. The Morgan fingerprint density at radius 2 is 2.08 bits per heavy atom. The van der Waals surface area contributed by atoms with Crippen LogP contribution in [0.25, 0.3) is 0 Å². The Morgan fingerprint density at radius 1 is 1.19 bits per heavy atom. The second-order valence-electron chi connectivity index (χ2n) is 7.71. The molecule has 0 radical (unpaired) electrons. The molecule has 4 nitrogen and oxygen atoms in total. The van der Waals surface area contributed by atoms with Crippen LogP contribution in [-0.2, 0) is 11.3 Å². The molecule has 3 atom stereocenters. The van der Waals surface area contributed by atoms with Crippen molar-refractivity contribution in [1.82, 2.24) is 15.2 Å². The number of hydrogen-bond acceptors (Lipinski definition) is 3. The fourth-order valence-electron chi connectivity index (χ4n) is 4.14. The standard InChI is InChI=1S/C22H27N3O/c26-22(21-12-20(21)19-8-2-1-3-9-19)24-14-18-7-5-11-25(16-18)15-17-6-4-10-23-13-17/h1-4,6,8-10,13,18,20-21H,5,7,11-12,14-16H2,(H,24,26)/t18-,20+,21-/m0/s1. The number of likely N-dealkylation sites (tertiary alicyclic amines) is 1. The minimum Gasteiger partial charge on any atom is -0.356 e. The fraction of sp³-hybridized carbons (Fsp3) is 0.455. The number of nitrogens with one attached hydrogen (secondary N) is 1. The molecule has 1 aromatic carbocycles. The first-order chi connectivity index (χ1) is 12.8. The van der Waals surface area contributed by atoms with Crippen molar-refractivity contribution < 1.29 is 4.79 Å². The molecule has 1 aliphatic carbocycles. The zero-order valence-corrected chi connectivity index (χ0v) is 15.2. The number of rotatable bonds is 6. The molecule has 1 saturated heterocycles. The Balaban J connectivity index is 1.23. The summed E-state index contributed by atoms with van der Waals surface area (Å²) in [6.45, 7) is 3.96. The van der Waals surface area contributed by atoms with Crippen LogP contribution in [-0.4, -0.2) is 35.4 Å². The summed E-state index contributed by atoms with van der Waals surface area (Å²) in [6, 6.07) is 14.5. The lowest BCUT2D eigenvalue weighted by Crippen LogP contribution is -2.41. The molecule has 1 N–H and O–H groups in total. The van der Waals surface area contributed by atoms with E-state index in [4.69, 9.17) is 0 Å². The van der Waals surface area contributed by atoms with Crippen LogP contribution in [0.5, 0.6) is 0 Å². The molecule has 2 fully saturated rings. The van der Waals surface area contributed by atoms with Gasteiger partial charge in [0.2, 0.25) is 5.91 Å². The quantitative estimate of drug-likeness (QED) is 0.871. The zero-order chi connectivity index (χ0) is 17.8. The van der Waals surface area contributed by atoms with Gasteiger partial charge in [-0.05, 0) is 54.8 Å². The van der Waals surface area contributed by atoms with E-state index < -0.39 is 0 Å². The summed E-state index contributed by atoms with van der Waals surface area (Å²) in [5.41, 5.74) is 2.56. The summed E-state index contributed by atoms with van der Waals surface area (Å²) >= 11 is 0. The van der Waals surface area contributed by atoms with Crippen LogP contribution < -0.4 is 5.32 Å². The van der Waals surface area contributed by atoms with Crippen molar-refractivity contribution in [3.63, 3.8) is 0 Å². The number of carbonyl (C=O) groups excluding carboxylic acids is 1. The number of carbonyl (C=O) groups is 1. The number of piperidine rings is 1. The van der Waals surface area contributed by atoms with Gasteiger partial charge in [0.25, 0.3) is 0 Å². The van der Waals surface area contributed by atoms with Gasteiger partial charge in [-0.15, -0.1) is 0 Å². The fourth-order valence-corrected chi connectivity index (χ4v) is 4.14. The SMILES string of the molecule is O=C(NC[C@@H]1CCCN(Cc2cccnc2)C1)[C@H]1C[C@@H]1c1ccccc1. The third-order valence-corrected chi connectivity index (χ3v) is 5.65. The average Bonchev–Trinajstić information content (AvgIpc) is 3.49. The van der Waals surface area contributed by atoms with Gasteiger partial charge in [-0.3, -0.25) is 14.7 Å². The van der Waals surface area contributed by atoms with E-state index >= 15 is 0 Å². The number of nitrogens with zero attached hydrogens (tertiary/aromatic N) is 2. The van der Waals surface area contributed by atoms with Gasteiger partial charge >= 0.3 is 0 Å². The van der Waals surface area contributed by atoms with Crippen LogP contribution in [0.15, 0.2) is 54.9 Å². The van der Waals surface area contributed by atoms with E-state index in [1.807, 2.05) is 24.5 Å². The van der Waals surface area contributed by atoms with Crippen molar-refractivity contribution in [3.8, 4) is 0 Å². The maximum atomic E-state index is 12.5. The van der Waals surface area contributed by atoms with E-state index in [-0.39, 0.29) is 11.8 Å². The van der Waals surface area contributed by atoms with Crippen molar-refractivity contribution in [2.75, 3.05) is 19.6 Å². The third-order valence-electron chi connectivity index (χ3n) is 5.65. The summed E-state index contributed by atoms with van der Waals surface area (Å²) in [4.78, 5) is 19.2. The van der Waals surface area contributed by atoms with E-state index in [1.165, 1.54) is 24.0 Å². The predicted octanol–water partition coefficient (Wildman–Crippen LogP) is 3.21. The van der Waals surface area contributed by atoms with Crippen LogP contribution in [0.2, 0.25) is 0 Å². The Kier molecular flexibility index (Phi) is 5.30. The van der Waals surface area contributed by atoms with Crippen molar-refractivity contribution >= 4 is 5.91 Å². The summed E-state index contributed by atoms with van der Waals surface area (Å²) in [5.74, 6) is 1.39. The highest BCUT2D eigenvalue weighted by Gasteiger charge is 2.43. The Bertz CT molecular complexity index is 719. The van der Waals surface area contributed by atoms with E-state index in [9.17, 15) is 4.79 Å². The summed E-state index contributed by atoms with van der Waals surface area (Å²) < 4.78 is 0. The second-order valence-corrected chi connectivity index (χ2v) is 7.71. The lowest BCUT2D eigenvalue weighted by molar-refractivity contribution is -0.122. The lowest BCUT2D eigenvalue weighted by Gasteiger charge is -2.32. The molecular weight excluding hydrogens is 322 g/mol. The molecule has 2 aliphatic rings. The Hall–Kier alpha value is -2.20. The first-order valence-corrected chi connectivity index (χ1v) is 9.73. The maximum Gasteiger partial charge on any atom is 0.223 e. The summed E-state index contributed by atoms with van der Waals surface area (Å²) in [6.07, 6.45) is 7.17. The van der Waals surface area contributed by atoms with Gasteiger partial charge in [0, 0.05) is 37.9 Å². The maximum absolute atomic E-state index is 12.5. The number of pyridine rings is 1. The van der Waals surface area contributed by atoms with Gasteiger partial charge in [-0.2, -0.15) is 0 Å². The minimum atomic E-state index is 0.174. The number of aromatic nitrogens is 1. The molecule has 0 unspecified atom stereocenters. The van der Waals surface area contributed by atoms with Crippen molar-refractivity contribution in [3.05, 3.63) is 66.0 Å². The van der Waals surface area contributed by atoms with Crippen LogP contribution >= 0.6 is 0 Å². The molecule has 136 valence electrons. The van der Waals surface area contributed by atoms with Gasteiger partial charge in [0.05, 0.1) is 0 Å². The molecule has 26 heavy (non-hydrogen) atoms. The van der Waals surface area contributed by atoms with Gasteiger partial charge in [0.1, 0.15) is 0 Å². The molecule has 2 aromatic rings. The number of hydrogen-bond donors (Lipinski definition) is 1. The molecule has 0 spiro atoms. The van der Waals surface area contributed by atoms with Gasteiger partial charge in [0.15, 0.2) is 0 Å². The van der Waals surface area contributed by atoms with Gasteiger partial charge < -0.3 is 5.32 Å². The predicted molar refractivity (Wildman–Crippen MR) is 103 cm³/mol. The molecule has 1 amide bonds. The van der Waals surface area contributed by atoms with E-state index in [0.29, 0.717) is 11.8 Å². The van der Waals surface area contributed by atoms with Gasteiger partial charge in [-0.1, -0.05) is 36.4 Å². The highest BCUT2D eigenvalue weighted by Crippen LogP contribution is 2.47. The second kappa shape index (κ2) is 8.00. The van der Waals surface area contributed by atoms with Crippen molar-refractivity contribution in [2.24, 2.45) is 11.8 Å². The monoisotopic (exact) mass is 349 g/mol. The minimum absolute atomic E-state index is 0.174. The third kappa shape index (κ3) is 4.31. The smallest absolute Gasteiger partial charge is 0.223 e. The first kappa shape index (κ1) is 17.2. The largest absolute Gasteiger partial charge is 0.356 e. The first-order valence-electron chi connectivity index (χ1n) is 9.73. The molecule has 1 saturated carbocycles. The van der Waals surface area contributed by atoms with Gasteiger partial charge in [-0.25, -0.2) is 0 Å². The Morgan fingerprint density at radius 3 is 2.88 bits per heavy atom. The highest BCUT2D eigenvalue weighted by atomic mass is 16.2. The van der Waals surface area contributed by atoms with E-state index in [1.54, 1.807) is 0 Å². The average molecular weight is 349 g/mol. The molecule has 1 aromatic heterocycles. The molecular formula is C22H27N3O. The van der Waals surface area contributed by atoms with E-state index in [2.05, 4.69) is 45.5 Å².